The zero-order valence-corrected chi connectivity index (χ0v) is 13.9. The number of aliphatic hydroxyl groups excluding tert-OH is 1. The number of hydrogen-bond acceptors (Lipinski definition) is 1. The van der Waals surface area contributed by atoms with Crippen molar-refractivity contribution in [2.45, 2.75) is 92.1 Å². The highest BCUT2D eigenvalue weighted by molar-refractivity contribution is 4.97. The molecule has 0 aliphatic rings. The van der Waals surface area contributed by atoms with Crippen LogP contribution in [0.15, 0.2) is 11.6 Å². The van der Waals surface area contributed by atoms with Crippen molar-refractivity contribution in [2.75, 3.05) is 0 Å². The van der Waals surface area contributed by atoms with E-state index in [9.17, 15) is 5.11 Å². The quantitative estimate of drug-likeness (QED) is 0.475. The minimum Gasteiger partial charge on any atom is -0.393 e. The second kappa shape index (κ2) is 11.5. The second-order valence-electron chi connectivity index (χ2n) is 6.80. The molecule has 2 atom stereocenters. The molecule has 0 saturated heterocycles. The van der Waals surface area contributed by atoms with Crippen LogP contribution in [-0.4, -0.2) is 11.2 Å². The van der Waals surface area contributed by atoms with Crippen LogP contribution in [0.1, 0.15) is 86.0 Å². The van der Waals surface area contributed by atoms with Gasteiger partial charge < -0.3 is 5.11 Å². The predicted octanol–water partition coefficient (Wildman–Crippen LogP) is 5.73. The van der Waals surface area contributed by atoms with Crippen molar-refractivity contribution in [3.8, 4) is 0 Å². The summed E-state index contributed by atoms with van der Waals surface area (Å²) in [6, 6.07) is 0. The van der Waals surface area contributed by atoms with E-state index in [1.165, 1.54) is 38.5 Å². The van der Waals surface area contributed by atoms with Gasteiger partial charge in [-0.2, -0.15) is 0 Å². The van der Waals surface area contributed by atoms with Gasteiger partial charge in [0, 0.05) is 0 Å². The summed E-state index contributed by atoms with van der Waals surface area (Å²) < 4.78 is 0. The predicted molar refractivity (Wildman–Crippen MR) is 86.4 cm³/mol. The maximum Gasteiger partial charge on any atom is 0.0512 e. The monoisotopic (exact) mass is 268 g/mol. The van der Waals surface area contributed by atoms with Crippen LogP contribution in [0.4, 0.5) is 0 Å². The van der Waals surface area contributed by atoms with Crippen molar-refractivity contribution < 1.29 is 5.11 Å². The first kappa shape index (κ1) is 18.7. The molecule has 0 rings (SSSR count). The molecule has 0 amide bonds. The molecule has 0 aromatic heterocycles. The third-order valence-electron chi connectivity index (χ3n) is 3.82. The Morgan fingerprint density at radius 2 is 1.63 bits per heavy atom. The van der Waals surface area contributed by atoms with Crippen LogP contribution in [0.25, 0.3) is 0 Å². The van der Waals surface area contributed by atoms with E-state index in [2.05, 4.69) is 33.8 Å². The van der Waals surface area contributed by atoms with Gasteiger partial charge in [0.1, 0.15) is 0 Å². The van der Waals surface area contributed by atoms with E-state index in [1.54, 1.807) is 5.57 Å². The minimum atomic E-state index is -0.129. The summed E-state index contributed by atoms with van der Waals surface area (Å²) in [6.45, 7) is 11.1. The SMILES string of the molecule is CC(=CCCC(C)CCCC(C)O)CCCC(C)C. The highest BCUT2D eigenvalue weighted by Crippen LogP contribution is 2.17. The lowest BCUT2D eigenvalue weighted by atomic mass is 9.96. The fourth-order valence-corrected chi connectivity index (χ4v) is 2.41. The van der Waals surface area contributed by atoms with Gasteiger partial charge in [0.25, 0.3) is 0 Å². The van der Waals surface area contributed by atoms with Crippen LogP contribution < -0.4 is 0 Å². The van der Waals surface area contributed by atoms with Crippen molar-refractivity contribution >= 4 is 0 Å². The van der Waals surface area contributed by atoms with E-state index in [-0.39, 0.29) is 6.10 Å². The number of hydrogen-bond donors (Lipinski definition) is 1. The van der Waals surface area contributed by atoms with Crippen LogP contribution in [0.2, 0.25) is 0 Å². The van der Waals surface area contributed by atoms with E-state index in [4.69, 9.17) is 0 Å². The molecule has 114 valence electrons. The zero-order valence-electron chi connectivity index (χ0n) is 13.9. The molecule has 0 aliphatic heterocycles. The molecule has 0 radical (unpaired) electrons. The lowest BCUT2D eigenvalue weighted by Gasteiger charge is -2.11. The standard InChI is InChI=1S/C18H36O/c1-15(2)9-6-10-16(3)11-7-12-17(4)13-8-14-18(5)19/h11,15,17-19H,6-10,12-14H2,1-5H3. The van der Waals surface area contributed by atoms with Crippen LogP contribution >= 0.6 is 0 Å². The summed E-state index contributed by atoms with van der Waals surface area (Å²) in [5.41, 5.74) is 1.57. The largest absolute Gasteiger partial charge is 0.393 e. The first-order chi connectivity index (χ1) is 8.91. The fourth-order valence-electron chi connectivity index (χ4n) is 2.41. The van der Waals surface area contributed by atoms with Gasteiger partial charge in [-0.15, -0.1) is 0 Å². The van der Waals surface area contributed by atoms with E-state index in [0.29, 0.717) is 0 Å². The van der Waals surface area contributed by atoms with Gasteiger partial charge in [-0.05, 0) is 57.8 Å². The molecule has 0 aromatic rings. The smallest absolute Gasteiger partial charge is 0.0512 e. The van der Waals surface area contributed by atoms with E-state index in [1.807, 2.05) is 6.92 Å². The lowest BCUT2D eigenvalue weighted by Crippen LogP contribution is -2.01. The summed E-state index contributed by atoms with van der Waals surface area (Å²) in [5.74, 6) is 1.63. The molecule has 1 N–H and O–H groups in total. The molecule has 1 nitrogen and oxygen atoms in total. The van der Waals surface area contributed by atoms with Crippen LogP contribution in [0.5, 0.6) is 0 Å². The van der Waals surface area contributed by atoms with Crippen molar-refractivity contribution in [2.24, 2.45) is 11.8 Å². The fraction of sp³-hybridized carbons (Fsp3) is 0.889. The Kier molecular flexibility index (Phi) is 11.3. The van der Waals surface area contributed by atoms with Gasteiger partial charge >= 0.3 is 0 Å². The number of allylic oxidation sites excluding steroid dienone is 2. The van der Waals surface area contributed by atoms with Gasteiger partial charge in [0.2, 0.25) is 0 Å². The Balaban J connectivity index is 3.58. The second-order valence-corrected chi connectivity index (χ2v) is 6.80. The first-order valence-corrected chi connectivity index (χ1v) is 8.25. The molecule has 0 heterocycles. The normalized spacial score (nSPS) is 15.8. The van der Waals surface area contributed by atoms with E-state index >= 15 is 0 Å². The maximum absolute atomic E-state index is 9.23. The molecule has 0 fully saturated rings. The molecule has 0 aromatic carbocycles. The third kappa shape index (κ3) is 13.9. The average Bonchev–Trinajstić information content (AvgIpc) is 2.27. The average molecular weight is 268 g/mol. The summed E-state index contributed by atoms with van der Waals surface area (Å²) in [7, 11) is 0. The van der Waals surface area contributed by atoms with Gasteiger partial charge in [0.15, 0.2) is 0 Å². The highest BCUT2D eigenvalue weighted by atomic mass is 16.3. The third-order valence-corrected chi connectivity index (χ3v) is 3.82. The maximum atomic E-state index is 9.23. The van der Waals surface area contributed by atoms with Crippen molar-refractivity contribution in [3.63, 3.8) is 0 Å². The Labute approximate surface area is 121 Å². The topological polar surface area (TPSA) is 20.2 Å². The van der Waals surface area contributed by atoms with Crippen molar-refractivity contribution in [1.82, 2.24) is 0 Å². The van der Waals surface area contributed by atoms with E-state index < -0.39 is 0 Å². The summed E-state index contributed by atoms with van der Waals surface area (Å²) in [6.07, 6.45) is 12.2. The molecular formula is C18H36O. The zero-order chi connectivity index (χ0) is 14.7. The van der Waals surface area contributed by atoms with Gasteiger partial charge in [-0.3, -0.25) is 0 Å². The van der Waals surface area contributed by atoms with E-state index in [0.717, 1.165) is 24.7 Å². The summed E-state index contributed by atoms with van der Waals surface area (Å²) in [5, 5.41) is 9.23. The summed E-state index contributed by atoms with van der Waals surface area (Å²) in [4.78, 5) is 0. The van der Waals surface area contributed by atoms with Gasteiger partial charge in [-0.1, -0.05) is 51.7 Å². The molecular weight excluding hydrogens is 232 g/mol. The van der Waals surface area contributed by atoms with Gasteiger partial charge in [-0.25, -0.2) is 0 Å². The Hall–Kier alpha value is -0.300. The molecule has 0 saturated carbocycles. The minimum absolute atomic E-state index is 0.129. The van der Waals surface area contributed by atoms with Crippen LogP contribution in [-0.2, 0) is 0 Å². The first-order valence-electron chi connectivity index (χ1n) is 8.25. The molecule has 0 spiro atoms. The van der Waals surface area contributed by atoms with Gasteiger partial charge in [0.05, 0.1) is 6.10 Å². The summed E-state index contributed by atoms with van der Waals surface area (Å²) >= 11 is 0. The Bertz CT molecular complexity index is 228. The van der Waals surface area contributed by atoms with Crippen molar-refractivity contribution in [1.29, 1.82) is 0 Å². The highest BCUT2D eigenvalue weighted by Gasteiger charge is 2.03. The lowest BCUT2D eigenvalue weighted by molar-refractivity contribution is 0.178. The number of rotatable bonds is 11. The number of aliphatic hydroxyl groups is 1. The van der Waals surface area contributed by atoms with Crippen molar-refractivity contribution in [3.05, 3.63) is 11.6 Å². The molecule has 0 aliphatic carbocycles. The van der Waals surface area contributed by atoms with Crippen LogP contribution in [0.3, 0.4) is 0 Å². The molecule has 0 bridgehead atoms. The van der Waals surface area contributed by atoms with Crippen LogP contribution in [0, 0.1) is 11.8 Å². The molecule has 1 heteroatoms. The molecule has 2 unspecified atom stereocenters. The Morgan fingerprint density at radius 1 is 0.947 bits per heavy atom. The Morgan fingerprint density at radius 3 is 2.21 bits per heavy atom. The molecule has 19 heavy (non-hydrogen) atoms.